The third-order valence-corrected chi connectivity index (χ3v) is 3.76. The predicted molar refractivity (Wildman–Crippen MR) is 78.8 cm³/mol. The Morgan fingerprint density at radius 1 is 1.42 bits per heavy atom. The van der Waals surface area contributed by atoms with Crippen LogP contribution in [0.4, 0.5) is 5.69 Å². The SMILES string of the molecule is CCNC(=O)c1ccc(N2CC(CS)CC2=O)cc1. The number of carbonyl (C=O) groups is 2. The maximum Gasteiger partial charge on any atom is 0.251 e. The van der Waals surface area contributed by atoms with Gasteiger partial charge < -0.3 is 10.2 Å². The quantitative estimate of drug-likeness (QED) is 0.824. The van der Waals surface area contributed by atoms with Gasteiger partial charge in [0, 0.05) is 30.8 Å². The maximum atomic E-state index is 11.9. The first-order valence-corrected chi connectivity index (χ1v) is 7.08. The van der Waals surface area contributed by atoms with E-state index in [4.69, 9.17) is 0 Å². The zero-order valence-electron chi connectivity index (χ0n) is 10.9. The zero-order chi connectivity index (χ0) is 13.8. The van der Waals surface area contributed by atoms with Crippen molar-refractivity contribution in [1.29, 1.82) is 0 Å². The molecule has 19 heavy (non-hydrogen) atoms. The average molecular weight is 278 g/mol. The summed E-state index contributed by atoms with van der Waals surface area (Å²) in [7, 11) is 0. The molecule has 2 amide bonds. The van der Waals surface area contributed by atoms with Gasteiger partial charge >= 0.3 is 0 Å². The highest BCUT2D eigenvalue weighted by molar-refractivity contribution is 7.80. The molecule has 1 heterocycles. The summed E-state index contributed by atoms with van der Waals surface area (Å²) in [6.07, 6.45) is 0.557. The van der Waals surface area contributed by atoms with Crippen molar-refractivity contribution in [2.45, 2.75) is 13.3 Å². The summed E-state index contributed by atoms with van der Waals surface area (Å²) in [5.74, 6) is 1.08. The largest absolute Gasteiger partial charge is 0.352 e. The highest BCUT2D eigenvalue weighted by Crippen LogP contribution is 2.25. The molecule has 1 atom stereocenters. The minimum absolute atomic E-state index is 0.0879. The lowest BCUT2D eigenvalue weighted by molar-refractivity contribution is -0.117. The number of hydrogen-bond donors (Lipinski definition) is 2. The molecule has 2 rings (SSSR count). The lowest BCUT2D eigenvalue weighted by Crippen LogP contribution is -2.25. The number of carbonyl (C=O) groups excluding carboxylic acids is 2. The topological polar surface area (TPSA) is 49.4 Å². The normalized spacial score (nSPS) is 18.7. The van der Waals surface area contributed by atoms with Gasteiger partial charge in [-0.15, -0.1) is 0 Å². The fraction of sp³-hybridized carbons (Fsp3) is 0.429. The molecule has 1 unspecified atom stereocenters. The van der Waals surface area contributed by atoms with E-state index in [9.17, 15) is 9.59 Å². The lowest BCUT2D eigenvalue weighted by Gasteiger charge is -2.16. The average Bonchev–Trinajstić information content (AvgIpc) is 2.80. The Bertz CT molecular complexity index is 473. The number of amides is 2. The number of benzene rings is 1. The van der Waals surface area contributed by atoms with Crippen LogP contribution in [0.5, 0.6) is 0 Å². The van der Waals surface area contributed by atoms with E-state index in [-0.39, 0.29) is 11.8 Å². The van der Waals surface area contributed by atoms with Gasteiger partial charge in [-0.05, 0) is 42.9 Å². The number of rotatable bonds is 4. The summed E-state index contributed by atoms with van der Waals surface area (Å²) in [4.78, 5) is 25.3. The molecule has 0 saturated carbocycles. The minimum Gasteiger partial charge on any atom is -0.352 e. The molecule has 0 aliphatic carbocycles. The zero-order valence-corrected chi connectivity index (χ0v) is 11.8. The van der Waals surface area contributed by atoms with Crippen LogP contribution < -0.4 is 10.2 Å². The molecule has 0 bridgehead atoms. The van der Waals surface area contributed by atoms with E-state index in [1.165, 1.54) is 0 Å². The maximum absolute atomic E-state index is 11.9. The highest BCUT2D eigenvalue weighted by Gasteiger charge is 2.29. The Balaban J connectivity index is 2.10. The molecule has 1 saturated heterocycles. The van der Waals surface area contributed by atoms with E-state index < -0.39 is 0 Å². The Morgan fingerprint density at radius 2 is 2.11 bits per heavy atom. The third kappa shape index (κ3) is 3.10. The fourth-order valence-electron chi connectivity index (χ4n) is 2.21. The first-order valence-electron chi connectivity index (χ1n) is 6.45. The number of nitrogens with one attached hydrogen (secondary N) is 1. The fourth-order valence-corrected chi connectivity index (χ4v) is 2.45. The van der Waals surface area contributed by atoms with Crippen LogP contribution in [-0.4, -0.2) is 30.7 Å². The van der Waals surface area contributed by atoms with E-state index in [2.05, 4.69) is 17.9 Å². The second-order valence-electron chi connectivity index (χ2n) is 4.66. The Hall–Kier alpha value is -1.49. The number of hydrogen-bond acceptors (Lipinski definition) is 3. The standard InChI is InChI=1S/C14H18N2O2S/c1-2-15-14(18)11-3-5-12(6-4-11)16-8-10(9-19)7-13(16)17/h3-6,10,19H,2,7-9H2,1H3,(H,15,18). The van der Waals surface area contributed by atoms with E-state index in [0.717, 1.165) is 11.4 Å². The molecule has 1 aromatic carbocycles. The van der Waals surface area contributed by atoms with Gasteiger partial charge in [-0.2, -0.15) is 12.6 Å². The molecule has 1 aliphatic heterocycles. The lowest BCUT2D eigenvalue weighted by atomic mass is 10.1. The first kappa shape index (κ1) is 13.9. The monoisotopic (exact) mass is 278 g/mol. The van der Waals surface area contributed by atoms with Crippen molar-refractivity contribution in [2.24, 2.45) is 5.92 Å². The molecule has 1 fully saturated rings. The molecule has 0 radical (unpaired) electrons. The molecule has 1 aliphatic rings. The second-order valence-corrected chi connectivity index (χ2v) is 5.03. The van der Waals surface area contributed by atoms with E-state index >= 15 is 0 Å². The molecule has 1 aromatic rings. The van der Waals surface area contributed by atoms with Crippen LogP contribution in [0.25, 0.3) is 0 Å². The van der Waals surface area contributed by atoms with Crippen LogP contribution in [0.15, 0.2) is 24.3 Å². The van der Waals surface area contributed by atoms with Crippen LogP contribution in [0.3, 0.4) is 0 Å². The molecule has 4 nitrogen and oxygen atoms in total. The Morgan fingerprint density at radius 3 is 2.63 bits per heavy atom. The predicted octanol–water partition coefficient (Wildman–Crippen LogP) is 1.72. The van der Waals surface area contributed by atoms with Gasteiger partial charge in [0.05, 0.1) is 0 Å². The van der Waals surface area contributed by atoms with Crippen molar-refractivity contribution in [3.05, 3.63) is 29.8 Å². The van der Waals surface area contributed by atoms with Crippen molar-refractivity contribution in [3.63, 3.8) is 0 Å². The summed E-state index contributed by atoms with van der Waals surface area (Å²) in [5.41, 5.74) is 1.46. The van der Waals surface area contributed by atoms with Crippen LogP contribution in [0, 0.1) is 5.92 Å². The second kappa shape index (κ2) is 6.10. The van der Waals surface area contributed by atoms with Crippen molar-refractivity contribution in [2.75, 3.05) is 23.7 Å². The highest BCUT2D eigenvalue weighted by atomic mass is 32.1. The summed E-state index contributed by atoms with van der Waals surface area (Å²) >= 11 is 4.24. The van der Waals surface area contributed by atoms with Gasteiger partial charge in [0.2, 0.25) is 5.91 Å². The molecular formula is C14H18N2O2S. The van der Waals surface area contributed by atoms with E-state index in [1.807, 2.05) is 19.1 Å². The number of nitrogens with zero attached hydrogens (tertiary/aromatic N) is 1. The van der Waals surface area contributed by atoms with E-state index in [1.54, 1.807) is 17.0 Å². The van der Waals surface area contributed by atoms with Gasteiger partial charge in [-0.3, -0.25) is 9.59 Å². The summed E-state index contributed by atoms with van der Waals surface area (Å²) in [6.45, 7) is 3.20. The Labute approximate surface area is 118 Å². The summed E-state index contributed by atoms with van der Waals surface area (Å²) in [6, 6.07) is 7.15. The van der Waals surface area contributed by atoms with Gasteiger partial charge in [0.1, 0.15) is 0 Å². The molecule has 0 aromatic heterocycles. The van der Waals surface area contributed by atoms with Crippen LogP contribution in [-0.2, 0) is 4.79 Å². The van der Waals surface area contributed by atoms with Crippen LogP contribution in [0.2, 0.25) is 0 Å². The van der Waals surface area contributed by atoms with Crippen LogP contribution in [0.1, 0.15) is 23.7 Å². The summed E-state index contributed by atoms with van der Waals surface area (Å²) in [5, 5.41) is 2.75. The minimum atomic E-state index is -0.0879. The number of thiol groups is 1. The Kier molecular flexibility index (Phi) is 4.47. The van der Waals surface area contributed by atoms with Gasteiger partial charge in [-0.25, -0.2) is 0 Å². The smallest absolute Gasteiger partial charge is 0.251 e. The molecule has 102 valence electrons. The van der Waals surface area contributed by atoms with Crippen molar-refractivity contribution >= 4 is 30.1 Å². The van der Waals surface area contributed by atoms with Gasteiger partial charge in [0.15, 0.2) is 0 Å². The first-order chi connectivity index (χ1) is 9.15. The van der Waals surface area contributed by atoms with Crippen LogP contribution >= 0.6 is 12.6 Å². The molecule has 5 heteroatoms. The molecule has 1 N–H and O–H groups in total. The van der Waals surface area contributed by atoms with Gasteiger partial charge in [-0.1, -0.05) is 0 Å². The molecular weight excluding hydrogens is 260 g/mol. The van der Waals surface area contributed by atoms with Crippen molar-refractivity contribution in [3.8, 4) is 0 Å². The van der Waals surface area contributed by atoms with Gasteiger partial charge in [0.25, 0.3) is 5.91 Å². The van der Waals surface area contributed by atoms with Crippen molar-refractivity contribution < 1.29 is 9.59 Å². The number of anilines is 1. The van der Waals surface area contributed by atoms with Crippen molar-refractivity contribution in [1.82, 2.24) is 5.32 Å². The summed E-state index contributed by atoms with van der Waals surface area (Å²) < 4.78 is 0. The third-order valence-electron chi connectivity index (χ3n) is 3.24. The molecule has 0 spiro atoms. The van der Waals surface area contributed by atoms with E-state index in [0.29, 0.717) is 31.0 Å².